The van der Waals surface area contributed by atoms with Crippen LogP contribution < -0.4 is 10.6 Å². The number of aromatic nitrogens is 1. The zero-order valence-electron chi connectivity index (χ0n) is 19.2. The van der Waals surface area contributed by atoms with Crippen LogP contribution in [0.2, 0.25) is 0 Å². The average molecular weight is 450 g/mol. The maximum atomic E-state index is 12.2. The normalized spacial score (nSPS) is 11.3. The standard InChI is InChI=1S/C25H31N5OS/c1-5-26-25(27-15-14-19-10-9-13-21(16-19)24(31)30(3)4)28-17-22-18(2)29-23(32-22)20-11-7-6-8-12-20/h6-13,16H,5,14-15,17H2,1-4H3,(H2,26,27,28). The van der Waals surface area contributed by atoms with Gasteiger partial charge in [0.25, 0.3) is 5.91 Å². The van der Waals surface area contributed by atoms with Crippen molar-refractivity contribution in [3.63, 3.8) is 0 Å². The van der Waals surface area contributed by atoms with E-state index in [1.165, 1.54) is 0 Å². The first-order chi connectivity index (χ1) is 15.5. The second-order valence-corrected chi connectivity index (χ2v) is 8.75. The van der Waals surface area contributed by atoms with Gasteiger partial charge < -0.3 is 15.5 Å². The molecule has 0 saturated heterocycles. The van der Waals surface area contributed by atoms with Crippen LogP contribution in [0.4, 0.5) is 0 Å². The Hall–Kier alpha value is -3.19. The molecular weight excluding hydrogens is 418 g/mol. The van der Waals surface area contributed by atoms with Crippen molar-refractivity contribution < 1.29 is 4.79 Å². The van der Waals surface area contributed by atoms with Gasteiger partial charge in [-0.25, -0.2) is 9.98 Å². The summed E-state index contributed by atoms with van der Waals surface area (Å²) in [5.74, 6) is 0.798. The zero-order chi connectivity index (χ0) is 22.9. The molecule has 0 fully saturated rings. The van der Waals surface area contributed by atoms with Gasteiger partial charge in [0.2, 0.25) is 0 Å². The number of nitrogens with one attached hydrogen (secondary N) is 2. The number of carbonyl (C=O) groups is 1. The van der Waals surface area contributed by atoms with E-state index in [1.54, 1.807) is 30.3 Å². The molecule has 0 atom stereocenters. The number of guanidine groups is 1. The molecule has 3 rings (SSSR count). The molecule has 1 amide bonds. The first-order valence-electron chi connectivity index (χ1n) is 10.8. The van der Waals surface area contributed by atoms with Gasteiger partial charge >= 0.3 is 0 Å². The van der Waals surface area contributed by atoms with Crippen LogP contribution in [-0.2, 0) is 13.0 Å². The van der Waals surface area contributed by atoms with Gasteiger partial charge in [-0.2, -0.15) is 0 Å². The predicted molar refractivity (Wildman–Crippen MR) is 133 cm³/mol. The average Bonchev–Trinajstić information content (AvgIpc) is 3.18. The van der Waals surface area contributed by atoms with E-state index in [-0.39, 0.29) is 5.91 Å². The largest absolute Gasteiger partial charge is 0.357 e. The molecule has 0 spiro atoms. The number of rotatable bonds is 8. The maximum absolute atomic E-state index is 12.2. The van der Waals surface area contributed by atoms with Crippen molar-refractivity contribution in [2.45, 2.75) is 26.8 Å². The van der Waals surface area contributed by atoms with Gasteiger partial charge in [-0.1, -0.05) is 42.5 Å². The van der Waals surface area contributed by atoms with Gasteiger partial charge in [-0.05, 0) is 38.0 Å². The fraction of sp³-hybridized carbons (Fsp3) is 0.320. The van der Waals surface area contributed by atoms with Crippen LogP contribution in [0, 0.1) is 6.92 Å². The number of benzene rings is 2. The quantitative estimate of drug-likeness (QED) is 0.401. The van der Waals surface area contributed by atoms with Crippen LogP contribution in [0.1, 0.15) is 33.4 Å². The summed E-state index contributed by atoms with van der Waals surface area (Å²) in [5, 5.41) is 7.73. The summed E-state index contributed by atoms with van der Waals surface area (Å²) in [4.78, 5) is 24.4. The maximum Gasteiger partial charge on any atom is 0.253 e. The molecule has 0 aliphatic heterocycles. The Morgan fingerprint density at radius 2 is 1.88 bits per heavy atom. The summed E-state index contributed by atoms with van der Waals surface area (Å²) in [6.07, 6.45) is 0.802. The fourth-order valence-corrected chi connectivity index (χ4v) is 4.21. The fourth-order valence-electron chi connectivity index (χ4n) is 3.21. The van der Waals surface area contributed by atoms with E-state index in [0.717, 1.165) is 52.2 Å². The molecule has 2 N–H and O–H groups in total. The van der Waals surface area contributed by atoms with Crippen LogP contribution in [0.3, 0.4) is 0 Å². The summed E-state index contributed by atoms with van der Waals surface area (Å²) in [6.45, 7) is 6.19. The second kappa shape index (κ2) is 11.4. The summed E-state index contributed by atoms with van der Waals surface area (Å²) in [6, 6.07) is 18.0. The molecule has 0 radical (unpaired) electrons. The molecule has 1 heterocycles. The van der Waals surface area contributed by atoms with E-state index in [0.29, 0.717) is 12.1 Å². The lowest BCUT2D eigenvalue weighted by atomic mass is 10.1. The van der Waals surface area contributed by atoms with Crippen molar-refractivity contribution in [1.82, 2.24) is 20.5 Å². The Morgan fingerprint density at radius 3 is 2.59 bits per heavy atom. The Bertz CT molecular complexity index is 1060. The van der Waals surface area contributed by atoms with E-state index in [1.807, 2.05) is 49.4 Å². The minimum atomic E-state index is 0.0181. The van der Waals surface area contributed by atoms with Crippen LogP contribution in [0.5, 0.6) is 0 Å². The summed E-state index contributed by atoms with van der Waals surface area (Å²) < 4.78 is 0. The second-order valence-electron chi connectivity index (χ2n) is 7.67. The number of amides is 1. The van der Waals surface area contributed by atoms with Crippen LogP contribution in [-0.4, -0.2) is 48.9 Å². The first kappa shape index (κ1) is 23.5. The van der Waals surface area contributed by atoms with Gasteiger partial charge in [0.1, 0.15) is 5.01 Å². The van der Waals surface area contributed by atoms with Crippen LogP contribution in [0.15, 0.2) is 59.6 Å². The third kappa shape index (κ3) is 6.40. The molecule has 0 aliphatic carbocycles. The zero-order valence-corrected chi connectivity index (χ0v) is 20.0. The van der Waals surface area contributed by atoms with Crippen molar-refractivity contribution in [2.24, 2.45) is 4.99 Å². The molecule has 2 aromatic carbocycles. The third-order valence-electron chi connectivity index (χ3n) is 4.92. The van der Waals surface area contributed by atoms with Crippen molar-refractivity contribution >= 4 is 23.2 Å². The number of aliphatic imine (C=N–C) groups is 1. The number of thiazole rings is 1. The molecule has 0 saturated carbocycles. The smallest absolute Gasteiger partial charge is 0.253 e. The van der Waals surface area contributed by atoms with Crippen molar-refractivity contribution in [2.75, 3.05) is 27.2 Å². The van der Waals surface area contributed by atoms with Gasteiger partial charge in [0, 0.05) is 43.2 Å². The van der Waals surface area contributed by atoms with Crippen molar-refractivity contribution in [3.8, 4) is 10.6 Å². The van der Waals surface area contributed by atoms with Gasteiger partial charge in [0.15, 0.2) is 5.96 Å². The number of hydrogen-bond donors (Lipinski definition) is 2. The first-order valence-corrected chi connectivity index (χ1v) is 11.6. The predicted octanol–water partition coefficient (Wildman–Crippen LogP) is 4.12. The molecule has 32 heavy (non-hydrogen) atoms. The lowest BCUT2D eigenvalue weighted by molar-refractivity contribution is 0.0827. The van der Waals surface area contributed by atoms with Gasteiger partial charge in [-0.3, -0.25) is 4.79 Å². The molecule has 3 aromatic rings. The Balaban J connectivity index is 1.61. The minimum Gasteiger partial charge on any atom is -0.357 e. The van der Waals surface area contributed by atoms with E-state index >= 15 is 0 Å². The minimum absolute atomic E-state index is 0.0181. The number of nitrogens with zero attached hydrogens (tertiary/aromatic N) is 3. The van der Waals surface area contributed by atoms with E-state index in [4.69, 9.17) is 9.98 Å². The topological polar surface area (TPSA) is 69.6 Å². The van der Waals surface area contributed by atoms with E-state index < -0.39 is 0 Å². The molecule has 7 heteroatoms. The number of carbonyl (C=O) groups excluding carboxylic acids is 1. The Labute approximate surface area is 194 Å². The molecule has 0 unspecified atom stereocenters. The highest BCUT2D eigenvalue weighted by molar-refractivity contribution is 7.15. The van der Waals surface area contributed by atoms with Crippen LogP contribution in [0.25, 0.3) is 10.6 Å². The molecule has 0 bridgehead atoms. The molecule has 0 aliphatic rings. The summed E-state index contributed by atoms with van der Waals surface area (Å²) in [5.41, 5.74) is 3.99. The Morgan fingerprint density at radius 1 is 1.09 bits per heavy atom. The van der Waals surface area contributed by atoms with E-state index in [2.05, 4.69) is 29.7 Å². The molecular formula is C25H31N5OS. The van der Waals surface area contributed by atoms with Crippen LogP contribution >= 0.6 is 11.3 Å². The lowest BCUT2D eigenvalue weighted by Crippen LogP contribution is -2.38. The highest BCUT2D eigenvalue weighted by Crippen LogP contribution is 2.28. The third-order valence-corrected chi connectivity index (χ3v) is 6.12. The van der Waals surface area contributed by atoms with Gasteiger partial charge in [-0.15, -0.1) is 11.3 Å². The van der Waals surface area contributed by atoms with Crippen molar-refractivity contribution in [1.29, 1.82) is 0 Å². The summed E-state index contributed by atoms with van der Waals surface area (Å²) in [7, 11) is 3.53. The molecule has 168 valence electrons. The highest BCUT2D eigenvalue weighted by atomic mass is 32.1. The number of aryl methyl sites for hydroxylation is 1. The molecule has 6 nitrogen and oxygen atoms in total. The monoisotopic (exact) mass is 449 g/mol. The number of hydrogen-bond acceptors (Lipinski definition) is 4. The summed E-state index contributed by atoms with van der Waals surface area (Å²) >= 11 is 1.69. The lowest BCUT2D eigenvalue weighted by Gasteiger charge is -2.13. The SMILES string of the molecule is CCNC(=NCc1sc(-c2ccccc2)nc1C)NCCc1cccc(C(=O)N(C)C)c1. The highest BCUT2D eigenvalue weighted by Gasteiger charge is 2.10. The van der Waals surface area contributed by atoms with E-state index in [9.17, 15) is 4.79 Å². The van der Waals surface area contributed by atoms with Crippen molar-refractivity contribution in [3.05, 3.63) is 76.3 Å². The Kier molecular flexibility index (Phi) is 8.39. The molecule has 1 aromatic heterocycles. The van der Waals surface area contributed by atoms with Gasteiger partial charge in [0.05, 0.1) is 12.2 Å².